The number of primary sulfonamides is 1. The van der Waals surface area contributed by atoms with Gasteiger partial charge in [0.25, 0.3) is 5.91 Å². The van der Waals surface area contributed by atoms with Crippen LogP contribution in [0.25, 0.3) is 0 Å². The van der Waals surface area contributed by atoms with Crippen LogP contribution in [0, 0.1) is 11.7 Å². The molecule has 2 rings (SSSR count). The highest BCUT2D eigenvalue weighted by Crippen LogP contribution is 2.29. The van der Waals surface area contributed by atoms with E-state index >= 15 is 0 Å². The van der Waals surface area contributed by atoms with Gasteiger partial charge < -0.3 is 4.90 Å². The SMILES string of the molecule is CC(C)CN(C(=O)c1ccc(F)c(S(N)(=O)=O)c1)C1CC1. The summed E-state index contributed by atoms with van der Waals surface area (Å²) in [6, 6.07) is 3.47. The molecule has 1 saturated carbocycles. The van der Waals surface area contributed by atoms with Gasteiger partial charge in [-0.1, -0.05) is 13.8 Å². The van der Waals surface area contributed by atoms with Crippen molar-refractivity contribution >= 4 is 15.9 Å². The maximum Gasteiger partial charge on any atom is 0.254 e. The third kappa shape index (κ3) is 3.79. The first-order chi connectivity index (χ1) is 9.70. The maximum atomic E-state index is 13.5. The second kappa shape index (κ2) is 5.73. The van der Waals surface area contributed by atoms with Gasteiger partial charge in [0.15, 0.2) is 0 Å². The lowest BCUT2D eigenvalue weighted by molar-refractivity contribution is 0.0722. The van der Waals surface area contributed by atoms with E-state index in [1.165, 1.54) is 6.07 Å². The van der Waals surface area contributed by atoms with Crippen LogP contribution in [0.1, 0.15) is 37.0 Å². The number of nitrogens with zero attached hydrogens (tertiary/aromatic N) is 1. The first-order valence-electron chi connectivity index (χ1n) is 6.83. The van der Waals surface area contributed by atoms with E-state index < -0.39 is 20.7 Å². The molecule has 0 unspecified atom stereocenters. The quantitative estimate of drug-likeness (QED) is 0.899. The first-order valence-corrected chi connectivity index (χ1v) is 8.38. The van der Waals surface area contributed by atoms with Crippen molar-refractivity contribution in [1.29, 1.82) is 0 Å². The Balaban J connectivity index is 2.34. The summed E-state index contributed by atoms with van der Waals surface area (Å²) < 4.78 is 36.2. The summed E-state index contributed by atoms with van der Waals surface area (Å²) in [5.74, 6) is -0.931. The minimum atomic E-state index is -4.19. The number of hydrogen-bond acceptors (Lipinski definition) is 3. The lowest BCUT2D eigenvalue weighted by Gasteiger charge is -2.24. The number of rotatable bonds is 5. The first kappa shape index (κ1) is 15.9. The number of carbonyl (C=O) groups excluding carboxylic acids is 1. The Bertz CT molecular complexity index is 654. The van der Waals surface area contributed by atoms with E-state index in [0.29, 0.717) is 12.5 Å². The van der Waals surface area contributed by atoms with Crippen molar-refractivity contribution in [3.8, 4) is 0 Å². The van der Waals surface area contributed by atoms with Gasteiger partial charge in [-0.15, -0.1) is 0 Å². The molecule has 116 valence electrons. The molecule has 1 fully saturated rings. The van der Waals surface area contributed by atoms with Crippen molar-refractivity contribution < 1.29 is 17.6 Å². The summed E-state index contributed by atoms with van der Waals surface area (Å²) in [6.45, 7) is 4.60. The van der Waals surface area contributed by atoms with Gasteiger partial charge in [-0.3, -0.25) is 4.79 Å². The van der Waals surface area contributed by atoms with Crippen molar-refractivity contribution in [2.45, 2.75) is 37.6 Å². The van der Waals surface area contributed by atoms with Gasteiger partial charge in [-0.2, -0.15) is 0 Å². The Morgan fingerprint density at radius 3 is 2.52 bits per heavy atom. The zero-order valence-electron chi connectivity index (χ0n) is 12.0. The largest absolute Gasteiger partial charge is 0.335 e. The Kier molecular flexibility index (Phi) is 4.34. The molecule has 1 aromatic rings. The number of benzene rings is 1. The van der Waals surface area contributed by atoms with Crippen molar-refractivity contribution in [2.24, 2.45) is 11.1 Å². The molecule has 21 heavy (non-hydrogen) atoms. The number of sulfonamides is 1. The zero-order valence-corrected chi connectivity index (χ0v) is 12.9. The summed E-state index contributed by atoms with van der Waals surface area (Å²) in [5, 5.41) is 4.96. The van der Waals surface area contributed by atoms with Crippen LogP contribution in [0.2, 0.25) is 0 Å². The van der Waals surface area contributed by atoms with Crippen LogP contribution in [0.5, 0.6) is 0 Å². The van der Waals surface area contributed by atoms with E-state index in [1.807, 2.05) is 13.8 Å². The van der Waals surface area contributed by atoms with Gasteiger partial charge >= 0.3 is 0 Å². The smallest absolute Gasteiger partial charge is 0.254 e. The Labute approximate surface area is 124 Å². The molecule has 1 aliphatic rings. The van der Waals surface area contributed by atoms with E-state index in [2.05, 4.69) is 0 Å². The van der Waals surface area contributed by atoms with E-state index in [4.69, 9.17) is 5.14 Å². The van der Waals surface area contributed by atoms with Gasteiger partial charge in [0.2, 0.25) is 10.0 Å². The number of nitrogens with two attached hydrogens (primary N) is 1. The monoisotopic (exact) mass is 314 g/mol. The average molecular weight is 314 g/mol. The zero-order chi connectivity index (χ0) is 15.8. The molecule has 1 aromatic carbocycles. The summed E-state index contributed by atoms with van der Waals surface area (Å²) in [6.07, 6.45) is 1.89. The van der Waals surface area contributed by atoms with Crippen LogP contribution in [-0.2, 0) is 10.0 Å². The van der Waals surface area contributed by atoms with E-state index in [1.54, 1.807) is 4.90 Å². The number of hydrogen-bond donors (Lipinski definition) is 1. The summed E-state index contributed by atoms with van der Waals surface area (Å²) >= 11 is 0. The molecule has 0 radical (unpaired) electrons. The minimum Gasteiger partial charge on any atom is -0.335 e. The van der Waals surface area contributed by atoms with Gasteiger partial charge in [0, 0.05) is 18.2 Å². The van der Waals surface area contributed by atoms with Gasteiger partial charge in [0.05, 0.1) is 0 Å². The van der Waals surface area contributed by atoms with E-state index in [0.717, 1.165) is 25.0 Å². The van der Waals surface area contributed by atoms with Gasteiger partial charge in [0.1, 0.15) is 10.7 Å². The molecule has 0 saturated heterocycles. The average Bonchev–Trinajstić information content (AvgIpc) is 3.18. The summed E-state index contributed by atoms with van der Waals surface area (Å²) in [7, 11) is -4.19. The highest BCUT2D eigenvalue weighted by molar-refractivity contribution is 7.89. The van der Waals surface area contributed by atoms with Gasteiger partial charge in [-0.25, -0.2) is 17.9 Å². The molecule has 0 heterocycles. The molecule has 0 aliphatic heterocycles. The third-order valence-corrected chi connectivity index (χ3v) is 4.22. The summed E-state index contributed by atoms with van der Waals surface area (Å²) in [4.78, 5) is 13.6. The highest BCUT2D eigenvalue weighted by Gasteiger charge is 2.33. The fourth-order valence-electron chi connectivity index (χ4n) is 2.20. The molecule has 5 nitrogen and oxygen atoms in total. The Hall–Kier alpha value is -1.47. The van der Waals surface area contributed by atoms with Gasteiger partial charge in [-0.05, 0) is 37.0 Å². The van der Waals surface area contributed by atoms with Crippen LogP contribution < -0.4 is 5.14 Å². The molecule has 1 amide bonds. The molecular weight excluding hydrogens is 295 g/mol. The normalized spacial score (nSPS) is 15.3. The number of halogens is 1. The Morgan fingerprint density at radius 1 is 1.43 bits per heavy atom. The molecule has 7 heteroatoms. The summed E-state index contributed by atoms with van der Waals surface area (Å²) in [5.41, 5.74) is 0.146. The highest BCUT2D eigenvalue weighted by atomic mass is 32.2. The second-order valence-electron chi connectivity index (χ2n) is 5.77. The predicted molar refractivity (Wildman–Crippen MR) is 76.7 cm³/mol. The maximum absolute atomic E-state index is 13.5. The lowest BCUT2D eigenvalue weighted by Crippen LogP contribution is -2.36. The molecular formula is C14H19FN2O3S. The van der Waals surface area contributed by atoms with Crippen molar-refractivity contribution in [2.75, 3.05) is 6.54 Å². The van der Waals surface area contributed by atoms with Crippen molar-refractivity contribution in [3.05, 3.63) is 29.6 Å². The van der Waals surface area contributed by atoms with Crippen LogP contribution in [0.15, 0.2) is 23.1 Å². The molecule has 1 aliphatic carbocycles. The molecule has 2 N–H and O–H groups in total. The van der Waals surface area contributed by atoms with E-state index in [9.17, 15) is 17.6 Å². The molecule has 0 aromatic heterocycles. The predicted octanol–water partition coefficient (Wildman–Crippen LogP) is 1.73. The van der Waals surface area contributed by atoms with Crippen molar-refractivity contribution in [1.82, 2.24) is 4.90 Å². The van der Waals surface area contributed by atoms with Crippen LogP contribution in [-0.4, -0.2) is 31.8 Å². The Morgan fingerprint density at radius 2 is 2.05 bits per heavy atom. The number of carbonyl (C=O) groups is 1. The minimum absolute atomic E-state index is 0.146. The second-order valence-corrected chi connectivity index (χ2v) is 7.30. The molecule has 0 bridgehead atoms. The van der Waals surface area contributed by atoms with Crippen molar-refractivity contribution in [3.63, 3.8) is 0 Å². The standard InChI is InChI=1S/C14H19FN2O3S/c1-9(2)8-17(11-4-5-11)14(18)10-3-6-12(15)13(7-10)21(16,19)20/h3,6-7,9,11H,4-5,8H2,1-2H3,(H2,16,19,20). The molecule has 0 spiro atoms. The third-order valence-electron chi connectivity index (χ3n) is 3.30. The van der Waals surface area contributed by atoms with Crippen LogP contribution in [0.3, 0.4) is 0 Å². The van der Waals surface area contributed by atoms with E-state index in [-0.39, 0.29) is 17.5 Å². The number of amides is 1. The van der Waals surface area contributed by atoms with Crippen LogP contribution in [0.4, 0.5) is 4.39 Å². The van der Waals surface area contributed by atoms with Crippen LogP contribution >= 0.6 is 0 Å². The molecule has 0 atom stereocenters. The fourth-order valence-corrected chi connectivity index (χ4v) is 2.83. The fraction of sp³-hybridized carbons (Fsp3) is 0.500. The topological polar surface area (TPSA) is 80.5 Å². The lowest BCUT2D eigenvalue weighted by atomic mass is 10.1.